The third kappa shape index (κ3) is 5.16. The molecule has 0 aliphatic carbocycles. The Morgan fingerprint density at radius 1 is 1.13 bits per heavy atom. The molecule has 1 unspecified atom stereocenters. The number of nitrogens with one attached hydrogen (secondary N) is 1. The van der Waals surface area contributed by atoms with E-state index in [-0.39, 0.29) is 12.3 Å². The van der Waals surface area contributed by atoms with E-state index in [1.807, 2.05) is 65.5 Å². The Balaban J connectivity index is 1.21. The second-order valence-electron chi connectivity index (χ2n) is 7.19. The smallest absolute Gasteiger partial charge is 0.249 e. The number of hydrogen-bond acceptors (Lipinski definition) is 6. The molecule has 0 fully saturated rings. The van der Waals surface area contributed by atoms with Gasteiger partial charge in [-0.15, -0.1) is 10.2 Å². The van der Waals surface area contributed by atoms with Crippen molar-refractivity contribution in [3.63, 3.8) is 0 Å². The van der Waals surface area contributed by atoms with Gasteiger partial charge in [-0.2, -0.15) is 5.10 Å². The van der Waals surface area contributed by atoms with Gasteiger partial charge < -0.3 is 14.5 Å². The van der Waals surface area contributed by atoms with E-state index in [0.29, 0.717) is 24.7 Å². The quantitative estimate of drug-likeness (QED) is 0.396. The molecule has 0 saturated heterocycles. The van der Waals surface area contributed by atoms with E-state index in [0.717, 1.165) is 29.4 Å². The lowest BCUT2D eigenvalue weighted by Gasteiger charge is -2.10. The normalized spacial score (nSPS) is 12.2. The number of rotatable bonds is 10. The van der Waals surface area contributed by atoms with E-state index < -0.39 is 6.10 Å². The van der Waals surface area contributed by atoms with E-state index in [1.54, 1.807) is 7.11 Å². The Labute approximate surface area is 180 Å². The van der Waals surface area contributed by atoms with Gasteiger partial charge in [0.2, 0.25) is 17.7 Å². The number of fused-ring (bicyclic) bond motifs is 1. The number of carbonyl (C=O) groups excluding carboxylic acids is 1. The Kier molecular flexibility index (Phi) is 6.68. The fourth-order valence-electron chi connectivity index (χ4n) is 3.45. The van der Waals surface area contributed by atoms with Crippen molar-refractivity contribution in [1.82, 2.24) is 25.3 Å². The van der Waals surface area contributed by atoms with Crippen LogP contribution in [0.3, 0.4) is 0 Å². The van der Waals surface area contributed by atoms with Crippen molar-refractivity contribution in [2.24, 2.45) is 0 Å². The molecule has 0 aliphatic heterocycles. The van der Waals surface area contributed by atoms with Crippen molar-refractivity contribution in [2.75, 3.05) is 13.7 Å². The molecule has 1 N–H and O–H groups in total. The number of nitrogens with zero attached hydrogens (tertiary/aromatic N) is 4. The summed E-state index contributed by atoms with van der Waals surface area (Å²) >= 11 is 0. The average Bonchev–Trinajstić information content (AvgIpc) is 3.44. The SMILES string of the molecule is COC(c1ccccc1)c1nnc(CCC(=O)NCCCn2ncc3ccccc32)o1. The van der Waals surface area contributed by atoms with Crippen LogP contribution < -0.4 is 5.32 Å². The third-order valence-electron chi connectivity index (χ3n) is 5.03. The van der Waals surface area contributed by atoms with Gasteiger partial charge in [0, 0.05) is 38.4 Å². The van der Waals surface area contributed by atoms with Crippen LogP contribution in [-0.4, -0.2) is 39.5 Å². The molecule has 0 spiro atoms. The second-order valence-corrected chi connectivity index (χ2v) is 7.19. The highest BCUT2D eigenvalue weighted by atomic mass is 16.5. The summed E-state index contributed by atoms with van der Waals surface area (Å²) in [6, 6.07) is 17.8. The van der Waals surface area contributed by atoms with Gasteiger partial charge in [0.15, 0.2) is 6.10 Å². The minimum Gasteiger partial charge on any atom is -0.422 e. The fraction of sp³-hybridized carbons (Fsp3) is 0.304. The Morgan fingerprint density at radius 3 is 2.77 bits per heavy atom. The van der Waals surface area contributed by atoms with Gasteiger partial charge in [0.1, 0.15) is 0 Å². The summed E-state index contributed by atoms with van der Waals surface area (Å²) in [5.74, 6) is 0.762. The zero-order chi connectivity index (χ0) is 21.5. The van der Waals surface area contributed by atoms with Crippen molar-refractivity contribution < 1.29 is 13.9 Å². The lowest BCUT2D eigenvalue weighted by molar-refractivity contribution is -0.121. The van der Waals surface area contributed by atoms with E-state index in [4.69, 9.17) is 9.15 Å². The standard InChI is InChI=1S/C23H25N5O3/c1-30-22(17-8-3-2-4-9-17)23-27-26-21(31-23)13-12-20(29)24-14-7-15-28-19-11-6-5-10-18(19)16-25-28/h2-6,8-11,16,22H,7,12-15H2,1H3,(H,24,29). The minimum atomic E-state index is -0.422. The molecule has 0 aliphatic rings. The second kappa shape index (κ2) is 9.99. The van der Waals surface area contributed by atoms with Crippen LogP contribution in [0, 0.1) is 0 Å². The highest BCUT2D eigenvalue weighted by Gasteiger charge is 2.20. The molecule has 160 valence electrons. The maximum Gasteiger partial charge on any atom is 0.249 e. The molecule has 8 nitrogen and oxygen atoms in total. The molecular formula is C23H25N5O3. The first kappa shape index (κ1) is 20.7. The first-order valence-electron chi connectivity index (χ1n) is 10.3. The summed E-state index contributed by atoms with van der Waals surface area (Å²) in [6.45, 7) is 1.33. The van der Waals surface area contributed by atoms with Crippen LogP contribution in [0.5, 0.6) is 0 Å². The van der Waals surface area contributed by atoms with Crippen LogP contribution in [-0.2, 0) is 22.5 Å². The monoisotopic (exact) mass is 419 g/mol. The highest BCUT2D eigenvalue weighted by molar-refractivity contribution is 5.78. The molecule has 0 saturated carbocycles. The van der Waals surface area contributed by atoms with Crippen molar-refractivity contribution in [3.8, 4) is 0 Å². The summed E-state index contributed by atoms with van der Waals surface area (Å²) in [5.41, 5.74) is 2.04. The maximum atomic E-state index is 12.2. The van der Waals surface area contributed by atoms with E-state index >= 15 is 0 Å². The van der Waals surface area contributed by atoms with E-state index in [2.05, 4.69) is 20.6 Å². The van der Waals surface area contributed by atoms with Gasteiger partial charge >= 0.3 is 0 Å². The van der Waals surface area contributed by atoms with Crippen LogP contribution in [0.4, 0.5) is 0 Å². The zero-order valence-electron chi connectivity index (χ0n) is 17.4. The Bertz CT molecular complexity index is 1120. The number of hydrogen-bond donors (Lipinski definition) is 1. The third-order valence-corrected chi connectivity index (χ3v) is 5.03. The van der Waals surface area contributed by atoms with Crippen LogP contribution in [0.25, 0.3) is 10.9 Å². The topological polar surface area (TPSA) is 95.1 Å². The number of para-hydroxylation sites is 1. The lowest BCUT2D eigenvalue weighted by Crippen LogP contribution is -2.25. The molecular weight excluding hydrogens is 394 g/mol. The number of benzene rings is 2. The van der Waals surface area contributed by atoms with E-state index in [1.165, 1.54) is 0 Å². The summed E-state index contributed by atoms with van der Waals surface area (Å²) in [7, 11) is 1.60. The van der Waals surface area contributed by atoms with Crippen molar-refractivity contribution in [3.05, 3.63) is 78.1 Å². The number of aromatic nitrogens is 4. The number of aryl methyl sites for hydroxylation is 2. The summed E-state index contributed by atoms with van der Waals surface area (Å²) in [5, 5.41) is 16.6. The largest absolute Gasteiger partial charge is 0.422 e. The highest BCUT2D eigenvalue weighted by Crippen LogP contribution is 2.24. The van der Waals surface area contributed by atoms with Crippen LogP contribution >= 0.6 is 0 Å². The molecule has 2 aromatic carbocycles. The predicted octanol–water partition coefficient (Wildman–Crippen LogP) is 3.29. The van der Waals surface area contributed by atoms with Crippen molar-refractivity contribution in [2.45, 2.75) is 31.9 Å². The molecule has 0 bridgehead atoms. The van der Waals surface area contributed by atoms with Crippen molar-refractivity contribution >= 4 is 16.8 Å². The molecule has 8 heteroatoms. The van der Waals surface area contributed by atoms with Gasteiger partial charge in [0.25, 0.3) is 0 Å². The molecule has 4 aromatic rings. The average molecular weight is 419 g/mol. The fourth-order valence-corrected chi connectivity index (χ4v) is 3.45. The first-order chi connectivity index (χ1) is 15.2. The number of carbonyl (C=O) groups is 1. The Morgan fingerprint density at radius 2 is 1.94 bits per heavy atom. The van der Waals surface area contributed by atoms with Gasteiger partial charge in [-0.05, 0) is 18.1 Å². The van der Waals surface area contributed by atoms with Crippen LogP contribution in [0.15, 0.2) is 65.2 Å². The molecule has 0 radical (unpaired) electrons. The molecule has 2 heterocycles. The van der Waals surface area contributed by atoms with Gasteiger partial charge in [-0.25, -0.2) is 0 Å². The maximum absolute atomic E-state index is 12.2. The molecule has 2 aromatic heterocycles. The van der Waals surface area contributed by atoms with Gasteiger partial charge in [-0.1, -0.05) is 48.5 Å². The lowest BCUT2D eigenvalue weighted by atomic mass is 10.1. The van der Waals surface area contributed by atoms with Crippen molar-refractivity contribution in [1.29, 1.82) is 0 Å². The van der Waals surface area contributed by atoms with Gasteiger partial charge in [0.05, 0.1) is 11.7 Å². The van der Waals surface area contributed by atoms with Crippen LogP contribution in [0.1, 0.15) is 36.3 Å². The van der Waals surface area contributed by atoms with E-state index in [9.17, 15) is 4.79 Å². The first-order valence-corrected chi connectivity index (χ1v) is 10.3. The summed E-state index contributed by atoms with van der Waals surface area (Å²) < 4.78 is 13.2. The summed E-state index contributed by atoms with van der Waals surface area (Å²) in [4.78, 5) is 12.2. The van der Waals surface area contributed by atoms with Crippen LogP contribution in [0.2, 0.25) is 0 Å². The number of ether oxygens (including phenoxy) is 1. The Hall–Kier alpha value is -3.52. The summed E-state index contributed by atoms with van der Waals surface area (Å²) in [6.07, 6.45) is 2.91. The zero-order valence-corrected chi connectivity index (χ0v) is 17.4. The van der Waals surface area contributed by atoms with Gasteiger partial charge in [-0.3, -0.25) is 9.48 Å². The molecule has 1 atom stereocenters. The predicted molar refractivity (Wildman–Crippen MR) is 115 cm³/mol. The molecule has 1 amide bonds. The number of amides is 1. The number of methoxy groups -OCH3 is 1. The minimum absolute atomic E-state index is 0.0450. The molecule has 4 rings (SSSR count). The molecule has 31 heavy (non-hydrogen) atoms.